The lowest BCUT2D eigenvalue weighted by atomic mass is 10.1. The standard InChI is InChI=1S/C23H18BrF3O3S/c1-3-14(2)10-11-29-22(28)18-9-6-16-12-19(24)31-21(16)20(18)30-13-15-4-7-17(8-5-15)23(25,26)27/h1,4-9,12,14H,10-11,13H2,2H3. The van der Waals surface area contributed by atoms with E-state index in [1.165, 1.54) is 23.5 Å². The van der Waals surface area contributed by atoms with E-state index >= 15 is 0 Å². The highest BCUT2D eigenvalue weighted by molar-refractivity contribution is 9.11. The molecule has 3 nitrogen and oxygen atoms in total. The second-order valence-electron chi connectivity index (χ2n) is 6.89. The normalized spacial score (nSPS) is 12.4. The molecule has 1 aromatic heterocycles. The molecule has 31 heavy (non-hydrogen) atoms. The molecule has 0 fully saturated rings. The molecule has 0 aliphatic heterocycles. The fourth-order valence-corrected chi connectivity index (χ4v) is 4.40. The monoisotopic (exact) mass is 510 g/mol. The summed E-state index contributed by atoms with van der Waals surface area (Å²) in [4.78, 5) is 12.7. The van der Waals surface area contributed by atoms with E-state index in [0.29, 0.717) is 17.7 Å². The Bertz CT molecular complexity index is 1110. The van der Waals surface area contributed by atoms with Crippen LogP contribution in [-0.2, 0) is 17.5 Å². The number of hydrogen-bond acceptors (Lipinski definition) is 4. The lowest BCUT2D eigenvalue weighted by Crippen LogP contribution is -2.11. The quantitative estimate of drug-likeness (QED) is 0.251. The van der Waals surface area contributed by atoms with Gasteiger partial charge in [-0.25, -0.2) is 4.79 Å². The number of ether oxygens (including phenoxy) is 2. The SMILES string of the molecule is C#CC(C)CCOC(=O)c1ccc2cc(Br)sc2c1OCc1ccc(C(F)(F)F)cc1. The zero-order valence-electron chi connectivity index (χ0n) is 16.5. The number of carbonyl (C=O) groups excluding carboxylic acids is 1. The first-order chi connectivity index (χ1) is 14.7. The van der Waals surface area contributed by atoms with Crippen LogP contribution in [0.5, 0.6) is 5.75 Å². The van der Waals surface area contributed by atoms with Crippen molar-refractivity contribution in [2.45, 2.75) is 26.1 Å². The maximum absolute atomic E-state index is 12.8. The highest BCUT2D eigenvalue weighted by Gasteiger charge is 2.30. The van der Waals surface area contributed by atoms with Crippen LogP contribution in [-0.4, -0.2) is 12.6 Å². The van der Waals surface area contributed by atoms with E-state index in [2.05, 4.69) is 21.9 Å². The highest BCUT2D eigenvalue weighted by Crippen LogP contribution is 2.39. The molecule has 2 aromatic carbocycles. The van der Waals surface area contributed by atoms with Crippen LogP contribution in [0.25, 0.3) is 10.1 Å². The lowest BCUT2D eigenvalue weighted by Gasteiger charge is -2.13. The van der Waals surface area contributed by atoms with Crippen molar-refractivity contribution < 1.29 is 27.4 Å². The number of alkyl halides is 3. The van der Waals surface area contributed by atoms with Gasteiger partial charge in [0, 0.05) is 5.92 Å². The summed E-state index contributed by atoms with van der Waals surface area (Å²) in [6.45, 7) is 2.04. The van der Waals surface area contributed by atoms with Crippen LogP contribution in [0.1, 0.15) is 34.8 Å². The van der Waals surface area contributed by atoms with E-state index in [-0.39, 0.29) is 24.7 Å². The summed E-state index contributed by atoms with van der Waals surface area (Å²) in [7, 11) is 0. The van der Waals surface area contributed by atoms with Crippen LogP contribution in [0.3, 0.4) is 0 Å². The number of hydrogen-bond donors (Lipinski definition) is 0. The molecule has 3 rings (SSSR count). The van der Waals surface area contributed by atoms with Gasteiger partial charge >= 0.3 is 12.1 Å². The van der Waals surface area contributed by atoms with Crippen molar-refractivity contribution in [2.24, 2.45) is 5.92 Å². The average molecular weight is 511 g/mol. The summed E-state index contributed by atoms with van der Waals surface area (Å²) in [5.41, 5.74) is 0.0657. The fourth-order valence-electron chi connectivity index (χ4n) is 2.79. The van der Waals surface area contributed by atoms with Gasteiger partial charge in [-0.2, -0.15) is 13.2 Å². The Labute approximate surface area is 190 Å². The number of benzene rings is 2. The van der Waals surface area contributed by atoms with Gasteiger partial charge in [0.25, 0.3) is 0 Å². The summed E-state index contributed by atoms with van der Waals surface area (Å²) in [5, 5.41) is 0.872. The highest BCUT2D eigenvalue weighted by atomic mass is 79.9. The van der Waals surface area contributed by atoms with Crippen molar-refractivity contribution in [2.75, 3.05) is 6.61 Å². The fraction of sp³-hybridized carbons (Fsp3) is 0.261. The maximum Gasteiger partial charge on any atom is 0.416 e. The molecular weight excluding hydrogens is 493 g/mol. The van der Waals surface area contributed by atoms with Crippen molar-refractivity contribution in [1.82, 2.24) is 0 Å². The first-order valence-corrected chi connectivity index (χ1v) is 10.9. The Morgan fingerprint density at radius 3 is 2.58 bits per heavy atom. The smallest absolute Gasteiger partial charge is 0.416 e. The minimum atomic E-state index is -4.40. The van der Waals surface area contributed by atoms with E-state index in [1.807, 2.05) is 13.0 Å². The summed E-state index contributed by atoms with van der Waals surface area (Å²) < 4.78 is 51.2. The van der Waals surface area contributed by atoms with Gasteiger partial charge in [0.05, 0.1) is 20.7 Å². The predicted octanol–water partition coefficient (Wildman–Crippen LogP) is 7.08. The topological polar surface area (TPSA) is 35.5 Å². The molecule has 0 spiro atoms. The zero-order valence-corrected chi connectivity index (χ0v) is 18.9. The largest absolute Gasteiger partial charge is 0.486 e. The molecule has 0 aliphatic carbocycles. The van der Waals surface area contributed by atoms with Gasteiger partial charge in [-0.1, -0.05) is 25.1 Å². The van der Waals surface area contributed by atoms with Gasteiger partial charge in [-0.3, -0.25) is 0 Å². The molecule has 0 amide bonds. The van der Waals surface area contributed by atoms with Gasteiger partial charge < -0.3 is 9.47 Å². The molecule has 3 aromatic rings. The second kappa shape index (κ2) is 9.75. The lowest BCUT2D eigenvalue weighted by molar-refractivity contribution is -0.137. The third-order valence-electron chi connectivity index (χ3n) is 4.56. The Balaban J connectivity index is 1.82. The average Bonchev–Trinajstić information content (AvgIpc) is 3.11. The molecule has 1 unspecified atom stereocenters. The van der Waals surface area contributed by atoms with Crippen LogP contribution in [0.4, 0.5) is 13.2 Å². The maximum atomic E-state index is 12.8. The van der Waals surface area contributed by atoms with Crippen LogP contribution >= 0.6 is 27.3 Å². The third-order valence-corrected chi connectivity index (χ3v) is 6.22. The molecule has 0 saturated carbocycles. The molecule has 0 bridgehead atoms. The predicted molar refractivity (Wildman–Crippen MR) is 118 cm³/mol. The van der Waals surface area contributed by atoms with E-state index in [0.717, 1.165) is 26.0 Å². The molecule has 1 atom stereocenters. The summed E-state index contributed by atoms with van der Waals surface area (Å²) in [6.07, 6.45) is 1.48. The molecular formula is C23H18BrF3O3S. The molecule has 1 heterocycles. The van der Waals surface area contributed by atoms with Crippen LogP contribution in [0.2, 0.25) is 0 Å². The van der Waals surface area contributed by atoms with Crippen LogP contribution in [0.15, 0.2) is 46.3 Å². The Kier molecular flexibility index (Phi) is 7.29. The number of carbonyl (C=O) groups is 1. The number of fused-ring (bicyclic) bond motifs is 1. The first kappa shape index (κ1) is 23.2. The molecule has 0 aliphatic rings. The molecule has 0 N–H and O–H groups in total. The van der Waals surface area contributed by atoms with E-state index in [4.69, 9.17) is 15.9 Å². The van der Waals surface area contributed by atoms with E-state index in [1.54, 1.807) is 12.1 Å². The minimum absolute atomic E-state index is 0.00117. The van der Waals surface area contributed by atoms with Crippen molar-refractivity contribution in [3.05, 3.63) is 62.9 Å². The Hall–Kier alpha value is -2.50. The summed E-state index contributed by atoms with van der Waals surface area (Å²) in [6, 6.07) is 10.0. The summed E-state index contributed by atoms with van der Waals surface area (Å²) in [5.74, 6) is 2.36. The first-order valence-electron chi connectivity index (χ1n) is 9.33. The molecule has 0 radical (unpaired) electrons. The van der Waals surface area contributed by atoms with Crippen LogP contribution in [0, 0.1) is 18.3 Å². The van der Waals surface area contributed by atoms with Gasteiger partial charge in [0.1, 0.15) is 12.2 Å². The van der Waals surface area contributed by atoms with Crippen molar-refractivity contribution in [3.63, 3.8) is 0 Å². The molecule has 0 saturated heterocycles. The van der Waals surface area contributed by atoms with Gasteiger partial charge in [-0.05, 0) is 57.6 Å². The van der Waals surface area contributed by atoms with Crippen LogP contribution < -0.4 is 4.74 Å². The van der Waals surface area contributed by atoms with E-state index < -0.39 is 17.7 Å². The molecule has 162 valence electrons. The Morgan fingerprint density at radius 2 is 1.94 bits per heavy atom. The zero-order chi connectivity index (χ0) is 22.6. The minimum Gasteiger partial charge on any atom is -0.486 e. The molecule has 8 heteroatoms. The number of terminal acetylenes is 1. The van der Waals surface area contributed by atoms with Gasteiger partial charge in [0.2, 0.25) is 0 Å². The van der Waals surface area contributed by atoms with E-state index in [9.17, 15) is 18.0 Å². The summed E-state index contributed by atoms with van der Waals surface area (Å²) >= 11 is 4.82. The third kappa shape index (κ3) is 5.81. The second-order valence-corrected chi connectivity index (χ2v) is 9.32. The van der Waals surface area contributed by atoms with Crippen molar-refractivity contribution >= 4 is 43.3 Å². The van der Waals surface area contributed by atoms with Crippen molar-refractivity contribution in [1.29, 1.82) is 0 Å². The number of halogens is 4. The number of thiophene rings is 1. The number of rotatable bonds is 7. The van der Waals surface area contributed by atoms with Crippen molar-refractivity contribution in [3.8, 4) is 18.1 Å². The van der Waals surface area contributed by atoms with Gasteiger partial charge in [-0.15, -0.1) is 23.7 Å². The van der Waals surface area contributed by atoms with Gasteiger partial charge in [0.15, 0.2) is 5.75 Å². The number of esters is 1. The Morgan fingerprint density at radius 1 is 1.23 bits per heavy atom.